The highest BCUT2D eigenvalue weighted by Crippen LogP contribution is 2.23. The fourth-order valence-corrected chi connectivity index (χ4v) is 3.92. The van der Waals surface area contributed by atoms with Crippen LogP contribution in [0.4, 0.5) is 0 Å². The monoisotopic (exact) mass is 418 g/mol. The molecule has 0 saturated carbocycles. The van der Waals surface area contributed by atoms with Crippen molar-refractivity contribution in [1.29, 1.82) is 0 Å². The molecule has 0 N–H and O–H groups in total. The number of nitrogens with zero attached hydrogens (tertiary/aromatic N) is 4. The fraction of sp³-hybridized carbons (Fsp3) is 0.300. The lowest BCUT2D eigenvalue weighted by atomic mass is 10.2. The second-order valence-electron chi connectivity index (χ2n) is 6.45. The van der Waals surface area contributed by atoms with E-state index < -0.39 is 7.87 Å². The van der Waals surface area contributed by atoms with E-state index in [1.807, 2.05) is 95.8 Å². The quantitative estimate of drug-likeness (QED) is 0.223. The Morgan fingerprint density at radius 1 is 0.786 bits per heavy atom. The summed E-state index contributed by atoms with van der Waals surface area (Å²) in [4.78, 5) is 0. The molecule has 2 rings (SSSR count). The lowest BCUT2D eigenvalue weighted by Crippen LogP contribution is -2.41. The molecule has 0 heterocycles. The molecule has 0 bridgehead atoms. The van der Waals surface area contributed by atoms with Gasteiger partial charge in [-0.1, -0.05) is 54.4 Å². The Bertz CT molecular complexity index is 735. The molecule has 2 aromatic rings. The standard InChI is InChI=1S/C20H27ClN4O2Si/c1-6-28(21,26-19(22-24(2)3)17-13-9-7-10-14-17)27-20(23-25(4)5)18-15-11-8-12-16-18/h7-16H,6H2,1-5H3/b22-19+,23-20+. The summed E-state index contributed by atoms with van der Waals surface area (Å²) in [5.41, 5.74) is 1.66. The minimum absolute atomic E-state index is 0.423. The van der Waals surface area contributed by atoms with E-state index in [1.165, 1.54) is 0 Å². The smallest absolute Gasteiger partial charge is 0.485 e. The van der Waals surface area contributed by atoms with Crippen LogP contribution < -0.4 is 0 Å². The Morgan fingerprint density at radius 2 is 1.14 bits per heavy atom. The molecule has 28 heavy (non-hydrogen) atoms. The number of hydrazone groups is 2. The highest BCUT2D eigenvalue weighted by atomic mass is 35.6. The summed E-state index contributed by atoms with van der Waals surface area (Å²) in [6.07, 6.45) is 0. The van der Waals surface area contributed by atoms with E-state index in [2.05, 4.69) is 10.2 Å². The molecular weight excluding hydrogens is 392 g/mol. The zero-order chi connectivity index (χ0) is 20.6. The average molecular weight is 419 g/mol. The van der Waals surface area contributed by atoms with Crippen molar-refractivity contribution in [2.75, 3.05) is 28.2 Å². The van der Waals surface area contributed by atoms with E-state index in [9.17, 15) is 0 Å². The Morgan fingerprint density at radius 3 is 1.43 bits per heavy atom. The Balaban J connectivity index is 2.36. The summed E-state index contributed by atoms with van der Waals surface area (Å²) in [6.45, 7) is 1.94. The van der Waals surface area contributed by atoms with Crippen LogP contribution in [0.1, 0.15) is 18.1 Å². The normalized spacial score (nSPS) is 12.5. The maximum Gasteiger partial charge on any atom is 0.571 e. The Hall–Kier alpha value is -2.51. The van der Waals surface area contributed by atoms with Crippen LogP contribution in [0.25, 0.3) is 0 Å². The molecule has 0 radical (unpaired) electrons. The van der Waals surface area contributed by atoms with Gasteiger partial charge in [0.2, 0.25) is 11.8 Å². The molecule has 0 unspecified atom stereocenters. The van der Waals surface area contributed by atoms with Crippen LogP contribution in [0, 0.1) is 0 Å². The summed E-state index contributed by atoms with van der Waals surface area (Å²) in [7, 11) is 4.14. The van der Waals surface area contributed by atoms with Crippen LogP contribution in [-0.4, -0.2) is 57.9 Å². The van der Waals surface area contributed by atoms with Gasteiger partial charge in [-0.05, 0) is 24.3 Å². The molecule has 0 saturated heterocycles. The van der Waals surface area contributed by atoms with Gasteiger partial charge in [0.15, 0.2) is 0 Å². The van der Waals surface area contributed by atoms with Gasteiger partial charge in [0, 0.05) is 45.4 Å². The van der Waals surface area contributed by atoms with Gasteiger partial charge in [0.1, 0.15) is 0 Å². The maximum absolute atomic E-state index is 6.88. The topological polar surface area (TPSA) is 49.7 Å². The summed E-state index contributed by atoms with van der Waals surface area (Å²) >= 11 is 6.88. The van der Waals surface area contributed by atoms with Gasteiger partial charge >= 0.3 is 7.87 Å². The highest BCUT2D eigenvalue weighted by Gasteiger charge is 2.42. The van der Waals surface area contributed by atoms with Crippen molar-refractivity contribution in [3.8, 4) is 0 Å². The molecule has 2 aromatic carbocycles. The molecule has 0 aromatic heterocycles. The molecule has 0 aliphatic rings. The SMILES string of the molecule is CC[Si](Cl)(O/C(=N/N(C)C)c1ccccc1)O/C(=N/N(C)C)c1ccccc1. The summed E-state index contributed by atoms with van der Waals surface area (Å²) in [5.74, 6) is 0.845. The third-order valence-corrected chi connectivity index (χ3v) is 6.65. The van der Waals surface area contributed by atoms with Gasteiger partial charge in [-0.25, -0.2) is 0 Å². The highest BCUT2D eigenvalue weighted by molar-refractivity contribution is 7.14. The largest absolute Gasteiger partial charge is 0.571 e. The predicted octanol–water partition coefficient (Wildman–Crippen LogP) is 4.06. The van der Waals surface area contributed by atoms with Crippen LogP contribution in [0.5, 0.6) is 0 Å². The number of hydrogen-bond donors (Lipinski definition) is 0. The van der Waals surface area contributed by atoms with Crippen molar-refractivity contribution in [3.63, 3.8) is 0 Å². The zero-order valence-corrected chi connectivity index (χ0v) is 18.7. The molecule has 0 amide bonds. The van der Waals surface area contributed by atoms with E-state index in [0.717, 1.165) is 11.1 Å². The minimum atomic E-state index is -3.19. The lowest BCUT2D eigenvalue weighted by molar-refractivity contribution is 0.358. The van der Waals surface area contributed by atoms with Crippen molar-refractivity contribution in [1.82, 2.24) is 10.0 Å². The van der Waals surface area contributed by atoms with Crippen molar-refractivity contribution in [2.24, 2.45) is 10.2 Å². The lowest BCUT2D eigenvalue weighted by Gasteiger charge is -2.27. The van der Waals surface area contributed by atoms with Crippen molar-refractivity contribution in [2.45, 2.75) is 13.0 Å². The summed E-state index contributed by atoms with van der Waals surface area (Å²) < 4.78 is 12.4. The van der Waals surface area contributed by atoms with E-state index in [1.54, 1.807) is 10.0 Å². The maximum atomic E-state index is 6.88. The molecule has 150 valence electrons. The molecule has 0 atom stereocenters. The van der Waals surface area contributed by atoms with Gasteiger partial charge in [-0.2, -0.15) is 0 Å². The number of benzene rings is 2. The molecule has 0 spiro atoms. The second-order valence-corrected chi connectivity index (χ2v) is 10.6. The molecular formula is C20H27ClN4O2Si. The van der Waals surface area contributed by atoms with Crippen LogP contribution in [0.3, 0.4) is 0 Å². The van der Waals surface area contributed by atoms with E-state index >= 15 is 0 Å². The van der Waals surface area contributed by atoms with Crippen molar-refractivity contribution in [3.05, 3.63) is 71.8 Å². The van der Waals surface area contributed by atoms with Gasteiger partial charge in [0.25, 0.3) is 0 Å². The van der Waals surface area contributed by atoms with Crippen LogP contribution in [0.15, 0.2) is 70.9 Å². The van der Waals surface area contributed by atoms with Gasteiger partial charge in [-0.3, -0.25) is 10.0 Å². The molecule has 8 heteroatoms. The molecule has 0 aliphatic carbocycles. The molecule has 0 aliphatic heterocycles. The first-order valence-electron chi connectivity index (χ1n) is 9.02. The van der Waals surface area contributed by atoms with E-state index in [-0.39, 0.29) is 0 Å². The fourth-order valence-electron chi connectivity index (χ4n) is 2.25. The number of hydrogen-bond acceptors (Lipinski definition) is 6. The van der Waals surface area contributed by atoms with Crippen LogP contribution >= 0.6 is 11.1 Å². The predicted molar refractivity (Wildman–Crippen MR) is 118 cm³/mol. The van der Waals surface area contributed by atoms with Gasteiger partial charge in [0.05, 0.1) is 0 Å². The van der Waals surface area contributed by atoms with Crippen molar-refractivity contribution < 1.29 is 8.85 Å². The van der Waals surface area contributed by atoms with E-state index in [4.69, 9.17) is 19.9 Å². The first kappa shape index (κ1) is 21.8. The third kappa shape index (κ3) is 6.58. The first-order valence-corrected chi connectivity index (χ1v) is 12.1. The number of rotatable bonds is 7. The summed E-state index contributed by atoms with van der Waals surface area (Å²) in [6, 6.07) is 19.8. The molecule has 6 nitrogen and oxygen atoms in total. The average Bonchev–Trinajstić information content (AvgIpc) is 2.67. The third-order valence-electron chi connectivity index (χ3n) is 3.54. The summed E-state index contributed by atoms with van der Waals surface area (Å²) in [5, 5.41) is 12.3. The van der Waals surface area contributed by atoms with E-state index in [0.29, 0.717) is 17.8 Å². The molecule has 0 fully saturated rings. The Kier molecular flexibility index (Phi) is 7.89. The minimum Gasteiger partial charge on any atom is -0.485 e. The van der Waals surface area contributed by atoms with Crippen molar-refractivity contribution >= 4 is 30.7 Å². The second kappa shape index (κ2) is 10.1. The zero-order valence-electron chi connectivity index (χ0n) is 17.0. The first-order chi connectivity index (χ1) is 13.3. The number of halogens is 1. The van der Waals surface area contributed by atoms with Gasteiger partial charge < -0.3 is 8.85 Å². The van der Waals surface area contributed by atoms with Crippen LogP contribution in [0.2, 0.25) is 6.04 Å². The van der Waals surface area contributed by atoms with Crippen LogP contribution in [-0.2, 0) is 8.85 Å². The van der Waals surface area contributed by atoms with Gasteiger partial charge in [-0.15, -0.1) is 10.2 Å². The Labute approximate surface area is 173 Å².